The smallest absolute Gasteiger partial charge is 0.338 e. The first-order valence-electron chi connectivity index (χ1n) is 7.02. The number of halogens is 3. The third-order valence-corrected chi connectivity index (χ3v) is 6.31. The highest BCUT2D eigenvalue weighted by atomic mass is 32.2. The van der Waals surface area contributed by atoms with Gasteiger partial charge in [0.25, 0.3) is 5.92 Å². The lowest BCUT2D eigenvalue weighted by atomic mass is 9.79. The number of aromatic carboxylic acids is 1. The van der Waals surface area contributed by atoms with Crippen molar-refractivity contribution in [1.29, 1.82) is 0 Å². The van der Waals surface area contributed by atoms with E-state index in [9.17, 15) is 26.4 Å². The molecule has 2 aliphatic rings. The Balaban J connectivity index is 1.73. The van der Waals surface area contributed by atoms with Gasteiger partial charge in [0.15, 0.2) is 0 Å². The normalized spacial score (nSPS) is 24.2. The van der Waals surface area contributed by atoms with Crippen molar-refractivity contribution in [3.63, 3.8) is 0 Å². The van der Waals surface area contributed by atoms with E-state index in [1.165, 1.54) is 0 Å². The van der Waals surface area contributed by atoms with E-state index in [0.717, 1.165) is 12.1 Å². The van der Waals surface area contributed by atoms with Crippen LogP contribution in [-0.4, -0.2) is 32.0 Å². The van der Waals surface area contributed by atoms with Gasteiger partial charge < -0.3 is 5.11 Å². The third-order valence-electron chi connectivity index (χ3n) is 4.89. The molecule has 2 aliphatic carbocycles. The van der Waals surface area contributed by atoms with Crippen molar-refractivity contribution in [1.82, 2.24) is 4.72 Å². The second-order valence-electron chi connectivity index (χ2n) is 5.98. The molecule has 126 valence electrons. The van der Waals surface area contributed by atoms with Crippen LogP contribution in [0.4, 0.5) is 13.2 Å². The Bertz CT molecular complexity index is 774. The maximum absolute atomic E-state index is 13.7. The zero-order valence-corrected chi connectivity index (χ0v) is 12.7. The van der Waals surface area contributed by atoms with Crippen LogP contribution >= 0.6 is 0 Å². The average Bonchev–Trinajstić information content (AvgIpc) is 2.92. The molecule has 0 aliphatic heterocycles. The molecule has 0 heterocycles. The first-order valence-corrected chi connectivity index (χ1v) is 8.50. The highest BCUT2D eigenvalue weighted by Crippen LogP contribution is 2.75. The number of hydrogen-bond acceptors (Lipinski definition) is 3. The molecule has 2 N–H and O–H groups in total. The quantitative estimate of drug-likeness (QED) is 0.854. The van der Waals surface area contributed by atoms with Gasteiger partial charge >= 0.3 is 5.97 Å². The number of sulfonamides is 1. The van der Waals surface area contributed by atoms with E-state index in [-0.39, 0.29) is 0 Å². The van der Waals surface area contributed by atoms with Crippen LogP contribution in [0.3, 0.4) is 0 Å². The summed E-state index contributed by atoms with van der Waals surface area (Å²) in [6.45, 7) is -0.419. The van der Waals surface area contributed by atoms with Crippen LogP contribution in [-0.2, 0) is 10.0 Å². The summed E-state index contributed by atoms with van der Waals surface area (Å²) in [4.78, 5) is 10.2. The Hall–Kier alpha value is -1.61. The van der Waals surface area contributed by atoms with Gasteiger partial charge in [0.1, 0.15) is 5.82 Å². The minimum absolute atomic E-state index is 0.383. The molecule has 2 saturated carbocycles. The summed E-state index contributed by atoms with van der Waals surface area (Å²) >= 11 is 0. The van der Waals surface area contributed by atoms with Gasteiger partial charge in [-0.15, -0.1) is 0 Å². The minimum atomic E-state index is -4.18. The maximum atomic E-state index is 13.7. The topological polar surface area (TPSA) is 83.5 Å². The Labute approximate surface area is 130 Å². The van der Waals surface area contributed by atoms with Gasteiger partial charge in [-0.3, -0.25) is 0 Å². The fraction of sp³-hybridized carbons (Fsp3) is 0.500. The second-order valence-corrected chi connectivity index (χ2v) is 7.75. The number of carbonyl (C=O) groups is 1. The molecule has 0 amide bonds. The Morgan fingerprint density at radius 2 is 2.00 bits per heavy atom. The van der Waals surface area contributed by atoms with Gasteiger partial charge in [0.05, 0.1) is 10.5 Å². The molecule has 3 rings (SSSR count). The number of carboxylic acid groups (broad SMARTS) is 1. The number of benzene rings is 1. The van der Waals surface area contributed by atoms with Gasteiger partial charge in [-0.05, 0) is 31.0 Å². The van der Waals surface area contributed by atoms with E-state index in [0.29, 0.717) is 25.3 Å². The summed E-state index contributed by atoms with van der Waals surface area (Å²) in [5.41, 5.74) is -1.74. The van der Waals surface area contributed by atoms with Crippen LogP contribution in [0.5, 0.6) is 0 Å². The third kappa shape index (κ3) is 2.33. The summed E-state index contributed by atoms with van der Waals surface area (Å²) < 4.78 is 67.2. The predicted octanol–water partition coefficient (Wildman–Crippen LogP) is 2.24. The molecule has 9 heteroatoms. The highest BCUT2D eigenvalue weighted by molar-refractivity contribution is 7.89. The lowest BCUT2D eigenvalue weighted by Gasteiger charge is -2.26. The lowest BCUT2D eigenvalue weighted by Crippen LogP contribution is -2.29. The summed E-state index contributed by atoms with van der Waals surface area (Å²) in [5.74, 6) is -6.63. The molecule has 0 aromatic heterocycles. The number of rotatable bonds is 5. The van der Waals surface area contributed by atoms with Crippen LogP contribution in [0.2, 0.25) is 0 Å². The largest absolute Gasteiger partial charge is 0.478 e. The van der Waals surface area contributed by atoms with Crippen LogP contribution in [0.1, 0.15) is 29.6 Å². The monoisotopic (exact) mass is 349 g/mol. The highest BCUT2D eigenvalue weighted by Gasteiger charge is 2.81. The average molecular weight is 349 g/mol. The molecule has 23 heavy (non-hydrogen) atoms. The predicted molar refractivity (Wildman–Crippen MR) is 73.3 cm³/mol. The summed E-state index contributed by atoms with van der Waals surface area (Å²) in [6.07, 6.45) is 1.48. The summed E-state index contributed by atoms with van der Waals surface area (Å²) in [5, 5.41) is 8.70. The minimum Gasteiger partial charge on any atom is -0.478 e. The SMILES string of the molecule is O=C(O)c1ccc(S(=O)(=O)NCC2C(F)(F)C23CCC3)cc1F. The molecule has 0 saturated heterocycles. The Morgan fingerprint density at radius 1 is 1.35 bits per heavy atom. The summed E-state index contributed by atoms with van der Waals surface area (Å²) in [7, 11) is -4.18. The fourth-order valence-corrected chi connectivity index (χ4v) is 4.33. The van der Waals surface area contributed by atoms with Crippen molar-refractivity contribution in [2.45, 2.75) is 30.1 Å². The number of nitrogens with one attached hydrogen (secondary N) is 1. The molecular weight excluding hydrogens is 335 g/mol. The molecule has 0 radical (unpaired) electrons. The van der Waals surface area contributed by atoms with Crippen molar-refractivity contribution in [2.75, 3.05) is 6.54 Å². The first kappa shape index (κ1) is 16.3. The van der Waals surface area contributed by atoms with Gasteiger partial charge in [0, 0.05) is 17.9 Å². The number of alkyl halides is 2. The van der Waals surface area contributed by atoms with Crippen LogP contribution in [0.15, 0.2) is 23.1 Å². The zero-order chi connectivity index (χ0) is 17.0. The zero-order valence-electron chi connectivity index (χ0n) is 11.9. The van der Waals surface area contributed by atoms with Gasteiger partial charge in [-0.25, -0.2) is 31.1 Å². The lowest BCUT2D eigenvalue weighted by molar-refractivity contribution is 0.0281. The fourth-order valence-electron chi connectivity index (χ4n) is 3.27. The van der Waals surface area contributed by atoms with Crippen LogP contribution in [0.25, 0.3) is 0 Å². The maximum Gasteiger partial charge on any atom is 0.338 e. The molecule has 2 fully saturated rings. The van der Waals surface area contributed by atoms with Gasteiger partial charge in [-0.1, -0.05) is 6.42 Å². The first-order chi connectivity index (χ1) is 10.6. The molecule has 5 nitrogen and oxygen atoms in total. The van der Waals surface area contributed by atoms with Gasteiger partial charge in [0.2, 0.25) is 10.0 Å². The number of hydrogen-bond donors (Lipinski definition) is 2. The number of carboxylic acids is 1. The van der Waals surface area contributed by atoms with E-state index in [1.54, 1.807) is 0 Å². The van der Waals surface area contributed by atoms with Crippen LogP contribution < -0.4 is 4.72 Å². The van der Waals surface area contributed by atoms with Crippen molar-refractivity contribution < 1.29 is 31.5 Å². The van der Waals surface area contributed by atoms with Crippen molar-refractivity contribution >= 4 is 16.0 Å². The van der Waals surface area contributed by atoms with Crippen molar-refractivity contribution in [3.8, 4) is 0 Å². The van der Waals surface area contributed by atoms with E-state index >= 15 is 0 Å². The van der Waals surface area contributed by atoms with E-state index in [1.807, 2.05) is 0 Å². The Kier molecular flexibility index (Phi) is 3.49. The molecular formula is C14H14F3NO4S. The summed E-state index contributed by atoms with van der Waals surface area (Å²) in [6, 6.07) is 2.32. The van der Waals surface area contributed by atoms with E-state index in [4.69, 9.17) is 5.11 Å². The second kappa shape index (κ2) is 4.94. The molecule has 1 aromatic rings. The van der Waals surface area contributed by atoms with Crippen molar-refractivity contribution in [3.05, 3.63) is 29.6 Å². The molecule has 1 spiro atoms. The standard InChI is InChI=1S/C14H14F3NO4S/c15-10-6-8(2-3-9(10)12(19)20)23(21,22)18-7-11-13(4-1-5-13)14(11,16)17/h2-3,6,11,18H,1,4-5,7H2,(H,19,20). The van der Waals surface area contributed by atoms with Gasteiger partial charge in [-0.2, -0.15) is 0 Å². The molecule has 1 unspecified atom stereocenters. The Morgan fingerprint density at radius 3 is 2.43 bits per heavy atom. The van der Waals surface area contributed by atoms with Crippen molar-refractivity contribution in [2.24, 2.45) is 11.3 Å². The van der Waals surface area contributed by atoms with E-state index < -0.39 is 56.1 Å². The molecule has 1 atom stereocenters. The van der Waals surface area contributed by atoms with E-state index in [2.05, 4.69) is 4.72 Å². The molecule has 0 bridgehead atoms. The van der Waals surface area contributed by atoms with Crippen LogP contribution in [0, 0.1) is 17.2 Å². The molecule has 1 aromatic carbocycles.